The highest BCUT2D eigenvalue weighted by Crippen LogP contribution is 2.35. The molecule has 1 amide bonds. The number of amides is 1. The lowest BCUT2D eigenvalue weighted by atomic mass is 9.98. The van der Waals surface area contributed by atoms with Gasteiger partial charge in [-0.05, 0) is 64.4 Å². The summed E-state index contributed by atoms with van der Waals surface area (Å²) in [6, 6.07) is 8.55. The fourth-order valence-corrected chi connectivity index (χ4v) is 6.44. The van der Waals surface area contributed by atoms with E-state index < -0.39 is 18.8 Å². The zero-order chi connectivity index (χ0) is 32.6. The van der Waals surface area contributed by atoms with E-state index in [9.17, 15) is 22.8 Å². The van der Waals surface area contributed by atoms with Gasteiger partial charge < -0.3 is 19.4 Å². The van der Waals surface area contributed by atoms with Gasteiger partial charge in [-0.3, -0.25) is 24.4 Å². The van der Waals surface area contributed by atoms with Gasteiger partial charge in [-0.15, -0.1) is 0 Å². The van der Waals surface area contributed by atoms with Crippen molar-refractivity contribution in [2.45, 2.75) is 52.9 Å². The zero-order valence-electron chi connectivity index (χ0n) is 26.4. The molecule has 1 saturated heterocycles. The number of nitrogens with zero attached hydrogens (tertiary/aromatic N) is 4. The average molecular weight is 625 g/mol. The Morgan fingerprint density at radius 3 is 2.44 bits per heavy atom. The second kappa shape index (κ2) is 12.7. The van der Waals surface area contributed by atoms with Crippen LogP contribution in [0.25, 0.3) is 16.6 Å². The normalized spacial score (nSPS) is 16.1. The van der Waals surface area contributed by atoms with Crippen LogP contribution in [0.15, 0.2) is 47.5 Å². The maximum absolute atomic E-state index is 14.0. The lowest BCUT2D eigenvalue weighted by Gasteiger charge is -2.39. The van der Waals surface area contributed by atoms with Gasteiger partial charge in [-0.25, -0.2) is 0 Å². The van der Waals surface area contributed by atoms with E-state index in [4.69, 9.17) is 4.74 Å². The molecule has 1 aliphatic rings. The van der Waals surface area contributed by atoms with Crippen molar-refractivity contribution >= 4 is 11.4 Å². The molecule has 5 heterocycles. The van der Waals surface area contributed by atoms with E-state index in [1.165, 1.54) is 12.0 Å². The number of aromatic nitrogens is 3. The maximum atomic E-state index is 14.0. The first-order valence-electron chi connectivity index (χ1n) is 15.0. The highest BCUT2D eigenvalue weighted by atomic mass is 19.4. The summed E-state index contributed by atoms with van der Waals surface area (Å²) in [5.41, 5.74) is 6.15. The van der Waals surface area contributed by atoms with Crippen LogP contribution in [0.2, 0.25) is 0 Å². The van der Waals surface area contributed by atoms with Gasteiger partial charge in [0.15, 0.2) is 0 Å². The summed E-state index contributed by atoms with van der Waals surface area (Å²) in [7, 11) is 1.48. The second-order valence-corrected chi connectivity index (χ2v) is 11.8. The Bertz CT molecular complexity index is 1770. The molecule has 0 bridgehead atoms. The van der Waals surface area contributed by atoms with Crippen molar-refractivity contribution in [3.63, 3.8) is 0 Å². The number of aromatic amines is 1. The molecule has 1 fully saturated rings. The predicted octanol–water partition coefficient (Wildman–Crippen LogP) is 5.36. The third kappa shape index (κ3) is 6.62. The minimum atomic E-state index is -4.24. The molecule has 0 saturated carbocycles. The Kier molecular flexibility index (Phi) is 9.09. The first-order chi connectivity index (χ1) is 21.3. The molecule has 4 aromatic heterocycles. The molecule has 0 aromatic carbocycles. The minimum absolute atomic E-state index is 0.207. The number of rotatable bonds is 8. The van der Waals surface area contributed by atoms with Crippen LogP contribution >= 0.6 is 0 Å². The topological polar surface area (TPSA) is 95.0 Å². The minimum Gasteiger partial charge on any atom is -0.496 e. The number of pyridine rings is 3. The average Bonchev–Trinajstić information content (AvgIpc) is 3.38. The summed E-state index contributed by atoms with van der Waals surface area (Å²) in [5.74, 6) is 0.0270. The third-order valence-electron chi connectivity index (χ3n) is 8.72. The standard InChI is InChI=1S/C33H39F3N6O3/c1-19-16-28(45-6)29(32(44)38-19)22(4)39-31(43)26-17-27-25(24-8-7-10-37-21(24)3)9-11-42(27)30(20(26)2)23(5)41-14-12-40(13-15-41)18-33(34,35)36/h7-11,16-17,22-23H,12-15,18H2,1-6H3,(H,38,44)(H,39,43). The van der Waals surface area contributed by atoms with Gasteiger partial charge in [-0.1, -0.05) is 6.07 Å². The largest absolute Gasteiger partial charge is 0.496 e. The molecule has 2 unspecified atom stereocenters. The number of fused-ring (bicyclic) bond motifs is 1. The molecule has 4 aromatic rings. The highest BCUT2D eigenvalue weighted by Gasteiger charge is 2.34. The number of hydrogen-bond donors (Lipinski definition) is 2. The van der Waals surface area contributed by atoms with Crippen molar-refractivity contribution in [3.05, 3.63) is 86.9 Å². The molecular formula is C33H39F3N6O3. The molecule has 12 heteroatoms. The van der Waals surface area contributed by atoms with E-state index in [1.54, 1.807) is 26.1 Å². The lowest BCUT2D eigenvalue weighted by Crippen LogP contribution is -2.49. The van der Waals surface area contributed by atoms with E-state index in [2.05, 4.69) is 24.6 Å². The number of carbonyl (C=O) groups excluding carboxylic acids is 1. The summed E-state index contributed by atoms with van der Waals surface area (Å²) in [6.45, 7) is 9.91. The summed E-state index contributed by atoms with van der Waals surface area (Å²) in [4.78, 5) is 37.7. The van der Waals surface area contributed by atoms with Crippen molar-refractivity contribution < 1.29 is 22.7 Å². The van der Waals surface area contributed by atoms with Gasteiger partial charge in [0.1, 0.15) is 5.75 Å². The Morgan fingerprint density at radius 1 is 1.09 bits per heavy atom. The Morgan fingerprint density at radius 2 is 1.80 bits per heavy atom. The number of carbonyl (C=O) groups is 1. The van der Waals surface area contributed by atoms with Gasteiger partial charge in [0.25, 0.3) is 11.5 Å². The van der Waals surface area contributed by atoms with E-state index in [-0.39, 0.29) is 17.5 Å². The number of piperazine rings is 1. The van der Waals surface area contributed by atoms with Crippen LogP contribution < -0.4 is 15.6 Å². The monoisotopic (exact) mass is 624 g/mol. The first-order valence-corrected chi connectivity index (χ1v) is 15.0. The van der Waals surface area contributed by atoms with Gasteiger partial charge in [0, 0.05) is 78.4 Å². The lowest BCUT2D eigenvalue weighted by molar-refractivity contribution is -0.149. The van der Waals surface area contributed by atoms with Gasteiger partial charge in [0.2, 0.25) is 0 Å². The molecule has 0 aliphatic carbocycles. The van der Waals surface area contributed by atoms with E-state index in [0.29, 0.717) is 48.7 Å². The van der Waals surface area contributed by atoms with Crippen LogP contribution in [-0.4, -0.2) is 76.1 Å². The highest BCUT2D eigenvalue weighted by molar-refractivity contribution is 5.99. The van der Waals surface area contributed by atoms with Gasteiger partial charge >= 0.3 is 6.18 Å². The fraction of sp³-hybridized carbons (Fsp3) is 0.424. The Labute approximate surface area is 260 Å². The fourth-order valence-electron chi connectivity index (χ4n) is 6.44. The van der Waals surface area contributed by atoms with Crippen LogP contribution in [-0.2, 0) is 0 Å². The van der Waals surface area contributed by atoms with Crippen LogP contribution in [0.1, 0.15) is 64.5 Å². The molecule has 2 N–H and O–H groups in total. The van der Waals surface area contributed by atoms with Crippen molar-refractivity contribution in [2.24, 2.45) is 0 Å². The van der Waals surface area contributed by atoms with Crippen molar-refractivity contribution in [3.8, 4) is 16.9 Å². The van der Waals surface area contributed by atoms with Crippen molar-refractivity contribution in [1.82, 2.24) is 29.5 Å². The second-order valence-electron chi connectivity index (χ2n) is 11.8. The molecule has 9 nitrogen and oxygen atoms in total. The summed E-state index contributed by atoms with van der Waals surface area (Å²) < 4.78 is 46.6. The smallest absolute Gasteiger partial charge is 0.401 e. The number of nitrogens with one attached hydrogen (secondary N) is 2. The maximum Gasteiger partial charge on any atom is 0.401 e. The number of alkyl halides is 3. The Hall–Kier alpha value is -4.16. The van der Waals surface area contributed by atoms with Crippen LogP contribution in [0.3, 0.4) is 0 Å². The predicted molar refractivity (Wildman–Crippen MR) is 167 cm³/mol. The van der Waals surface area contributed by atoms with Crippen molar-refractivity contribution in [2.75, 3.05) is 39.8 Å². The molecule has 5 rings (SSSR count). The molecule has 240 valence electrons. The third-order valence-corrected chi connectivity index (χ3v) is 8.72. The number of methoxy groups -OCH3 is 1. The molecule has 2 atom stereocenters. The number of halogens is 3. The molecule has 0 radical (unpaired) electrons. The summed E-state index contributed by atoms with van der Waals surface area (Å²) in [5, 5.41) is 3.00. The molecular weight excluding hydrogens is 585 g/mol. The number of H-pyrrole nitrogens is 1. The SMILES string of the molecule is COc1cc(C)[nH]c(=O)c1C(C)NC(=O)c1cc2c(-c3cccnc3C)ccn2c(C(C)N2CCN(CC(F)(F)F)CC2)c1C. The molecule has 0 spiro atoms. The first kappa shape index (κ1) is 32.2. The van der Waals surface area contributed by atoms with Crippen LogP contribution in [0.5, 0.6) is 5.75 Å². The zero-order valence-corrected chi connectivity index (χ0v) is 26.4. The summed E-state index contributed by atoms with van der Waals surface area (Å²) >= 11 is 0. The quantitative estimate of drug-likeness (QED) is 0.274. The van der Waals surface area contributed by atoms with Crippen LogP contribution in [0, 0.1) is 20.8 Å². The molecule has 1 aliphatic heterocycles. The van der Waals surface area contributed by atoms with E-state index in [1.807, 2.05) is 51.2 Å². The van der Waals surface area contributed by atoms with E-state index >= 15 is 0 Å². The number of ether oxygens (including phenoxy) is 1. The van der Waals surface area contributed by atoms with E-state index in [0.717, 1.165) is 33.6 Å². The van der Waals surface area contributed by atoms with Gasteiger partial charge in [0.05, 0.1) is 30.8 Å². The number of hydrogen-bond acceptors (Lipinski definition) is 6. The van der Waals surface area contributed by atoms with Gasteiger partial charge in [-0.2, -0.15) is 13.2 Å². The summed E-state index contributed by atoms with van der Waals surface area (Å²) in [6.07, 6.45) is -0.541. The molecule has 45 heavy (non-hydrogen) atoms. The number of aryl methyl sites for hydroxylation is 2. The van der Waals surface area contributed by atoms with Crippen LogP contribution in [0.4, 0.5) is 13.2 Å². The Balaban J connectivity index is 1.56. The van der Waals surface area contributed by atoms with Crippen molar-refractivity contribution in [1.29, 1.82) is 0 Å².